The van der Waals surface area contributed by atoms with Crippen LogP contribution in [0.3, 0.4) is 0 Å². The lowest BCUT2D eigenvalue weighted by Gasteiger charge is -2.08. The van der Waals surface area contributed by atoms with E-state index in [2.05, 4.69) is 9.97 Å². The lowest BCUT2D eigenvalue weighted by Crippen LogP contribution is -1.95. The molecule has 3 rings (SSSR count). The van der Waals surface area contributed by atoms with E-state index >= 15 is 0 Å². The molecule has 0 bridgehead atoms. The van der Waals surface area contributed by atoms with Crippen LogP contribution in [0, 0.1) is 12.7 Å². The second kappa shape index (κ2) is 5.00. The Kier molecular flexibility index (Phi) is 3.32. The SMILES string of the molecule is Cc1c(Cl)cccc1-c1nc(Cl)c2cccc(F)c2n1. The first-order chi connectivity index (χ1) is 9.58. The average molecular weight is 307 g/mol. The first kappa shape index (κ1) is 13.3. The summed E-state index contributed by atoms with van der Waals surface area (Å²) in [5.41, 5.74) is 1.78. The number of hydrogen-bond acceptors (Lipinski definition) is 2. The van der Waals surface area contributed by atoms with Gasteiger partial charge in [-0.2, -0.15) is 0 Å². The summed E-state index contributed by atoms with van der Waals surface area (Å²) in [6, 6.07) is 10.0. The molecule has 0 unspecified atom stereocenters. The summed E-state index contributed by atoms with van der Waals surface area (Å²) in [6.45, 7) is 1.86. The molecule has 2 nitrogen and oxygen atoms in total. The minimum absolute atomic E-state index is 0.210. The number of halogens is 3. The summed E-state index contributed by atoms with van der Waals surface area (Å²) in [5.74, 6) is -0.0552. The second-order valence-electron chi connectivity index (χ2n) is 4.39. The predicted molar refractivity (Wildman–Crippen MR) is 79.7 cm³/mol. The van der Waals surface area contributed by atoms with Crippen molar-refractivity contribution in [2.24, 2.45) is 0 Å². The van der Waals surface area contributed by atoms with Gasteiger partial charge in [-0.15, -0.1) is 0 Å². The first-order valence-corrected chi connectivity index (χ1v) is 6.71. The number of aromatic nitrogens is 2. The minimum atomic E-state index is -0.423. The Morgan fingerprint density at radius 1 is 1.00 bits per heavy atom. The highest BCUT2D eigenvalue weighted by Gasteiger charge is 2.13. The van der Waals surface area contributed by atoms with Crippen molar-refractivity contribution in [3.05, 3.63) is 58.0 Å². The van der Waals surface area contributed by atoms with Crippen LogP contribution >= 0.6 is 23.2 Å². The fraction of sp³-hybridized carbons (Fsp3) is 0.0667. The number of para-hydroxylation sites is 1. The molecule has 0 aliphatic heterocycles. The van der Waals surface area contributed by atoms with Gasteiger partial charge in [0.15, 0.2) is 5.82 Å². The van der Waals surface area contributed by atoms with E-state index in [-0.39, 0.29) is 10.7 Å². The minimum Gasteiger partial charge on any atom is -0.225 e. The molecule has 0 saturated heterocycles. The van der Waals surface area contributed by atoms with Crippen LogP contribution < -0.4 is 0 Å². The molecule has 0 fully saturated rings. The molecule has 0 amide bonds. The van der Waals surface area contributed by atoms with E-state index in [1.165, 1.54) is 6.07 Å². The van der Waals surface area contributed by atoms with Crippen molar-refractivity contribution in [3.8, 4) is 11.4 Å². The number of rotatable bonds is 1. The molecule has 1 aromatic heterocycles. The van der Waals surface area contributed by atoms with E-state index in [4.69, 9.17) is 23.2 Å². The van der Waals surface area contributed by atoms with Gasteiger partial charge in [-0.3, -0.25) is 0 Å². The van der Waals surface area contributed by atoms with E-state index in [9.17, 15) is 4.39 Å². The molecule has 100 valence electrons. The molecule has 0 aliphatic rings. The Bertz CT molecular complexity index is 818. The zero-order valence-corrected chi connectivity index (χ0v) is 12.0. The normalized spacial score (nSPS) is 11.0. The zero-order chi connectivity index (χ0) is 14.3. The van der Waals surface area contributed by atoms with Crippen molar-refractivity contribution in [1.82, 2.24) is 9.97 Å². The molecule has 3 aromatic rings. The predicted octanol–water partition coefficient (Wildman–Crippen LogP) is 5.05. The molecule has 1 heterocycles. The molecule has 5 heteroatoms. The average Bonchev–Trinajstić information content (AvgIpc) is 2.43. The van der Waals surface area contributed by atoms with E-state index < -0.39 is 5.82 Å². The lowest BCUT2D eigenvalue weighted by atomic mass is 10.1. The van der Waals surface area contributed by atoms with Crippen LogP contribution in [0.5, 0.6) is 0 Å². The molecule has 0 aliphatic carbocycles. The van der Waals surface area contributed by atoms with Gasteiger partial charge in [0.25, 0.3) is 0 Å². The van der Waals surface area contributed by atoms with Gasteiger partial charge in [0, 0.05) is 16.0 Å². The standard InChI is InChI=1S/C15H9Cl2FN2/c1-8-9(4-2-6-11(8)16)15-19-13-10(14(17)20-15)5-3-7-12(13)18/h2-7H,1H3. The third-order valence-corrected chi connectivity index (χ3v) is 3.84. The lowest BCUT2D eigenvalue weighted by molar-refractivity contribution is 0.636. The molecule has 0 spiro atoms. The topological polar surface area (TPSA) is 25.8 Å². The summed E-state index contributed by atoms with van der Waals surface area (Å²) in [4.78, 5) is 8.52. The van der Waals surface area contributed by atoms with Gasteiger partial charge in [0.1, 0.15) is 16.5 Å². The molecule has 20 heavy (non-hydrogen) atoms. The Morgan fingerprint density at radius 3 is 2.55 bits per heavy atom. The van der Waals surface area contributed by atoms with Gasteiger partial charge in [-0.1, -0.05) is 41.4 Å². The molecular weight excluding hydrogens is 298 g/mol. The van der Waals surface area contributed by atoms with Crippen LogP contribution in [-0.4, -0.2) is 9.97 Å². The highest BCUT2D eigenvalue weighted by molar-refractivity contribution is 6.34. The van der Waals surface area contributed by atoms with Crippen LogP contribution in [0.4, 0.5) is 4.39 Å². The van der Waals surface area contributed by atoms with Gasteiger partial charge in [0.2, 0.25) is 0 Å². The Hall–Kier alpha value is -1.71. The van der Waals surface area contributed by atoms with E-state index in [0.717, 1.165) is 11.1 Å². The quantitative estimate of drug-likeness (QED) is 0.588. The third-order valence-electron chi connectivity index (χ3n) is 3.14. The van der Waals surface area contributed by atoms with Crippen molar-refractivity contribution in [3.63, 3.8) is 0 Å². The molecular formula is C15H9Cl2FN2. The van der Waals surface area contributed by atoms with Crippen molar-refractivity contribution in [2.45, 2.75) is 6.92 Å². The van der Waals surface area contributed by atoms with E-state index in [1.807, 2.05) is 13.0 Å². The second-order valence-corrected chi connectivity index (χ2v) is 5.15. The zero-order valence-electron chi connectivity index (χ0n) is 10.5. The summed E-state index contributed by atoms with van der Waals surface area (Å²) in [7, 11) is 0. The highest BCUT2D eigenvalue weighted by Crippen LogP contribution is 2.30. The summed E-state index contributed by atoms with van der Waals surface area (Å²) < 4.78 is 13.9. The maximum Gasteiger partial charge on any atom is 0.161 e. The fourth-order valence-corrected chi connectivity index (χ4v) is 2.46. The van der Waals surface area contributed by atoms with Gasteiger partial charge < -0.3 is 0 Å². The number of hydrogen-bond donors (Lipinski definition) is 0. The van der Waals surface area contributed by atoms with Gasteiger partial charge in [-0.25, -0.2) is 14.4 Å². The largest absolute Gasteiger partial charge is 0.225 e. The van der Waals surface area contributed by atoms with Crippen LogP contribution in [0.25, 0.3) is 22.3 Å². The Morgan fingerprint density at radius 2 is 1.75 bits per heavy atom. The van der Waals surface area contributed by atoms with Gasteiger partial charge >= 0.3 is 0 Å². The first-order valence-electron chi connectivity index (χ1n) is 5.95. The van der Waals surface area contributed by atoms with Gasteiger partial charge in [0.05, 0.1) is 0 Å². The highest BCUT2D eigenvalue weighted by atomic mass is 35.5. The van der Waals surface area contributed by atoms with E-state index in [1.54, 1.807) is 24.3 Å². The maximum absolute atomic E-state index is 13.9. The monoisotopic (exact) mass is 306 g/mol. The fourth-order valence-electron chi connectivity index (χ4n) is 2.05. The summed E-state index contributed by atoms with van der Waals surface area (Å²) >= 11 is 12.2. The summed E-state index contributed by atoms with van der Waals surface area (Å²) in [5, 5.41) is 1.33. The Labute approximate surface area is 125 Å². The van der Waals surface area contributed by atoms with Crippen molar-refractivity contribution >= 4 is 34.1 Å². The van der Waals surface area contributed by atoms with E-state index in [0.29, 0.717) is 16.2 Å². The van der Waals surface area contributed by atoms with Crippen molar-refractivity contribution < 1.29 is 4.39 Å². The van der Waals surface area contributed by atoms with Crippen LogP contribution in [0.1, 0.15) is 5.56 Å². The Balaban J connectivity index is 2.33. The number of nitrogens with zero attached hydrogens (tertiary/aromatic N) is 2. The smallest absolute Gasteiger partial charge is 0.161 e. The third kappa shape index (κ3) is 2.13. The number of fused-ring (bicyclic) bond motifs is 1. The molecule has 0 N–H and O–H groups in total. The van der Waals surface area contributed by atoms with Gasteiger partial charge in [-0.05, 0) is 30.7 Å². The molecule has 0 saturated carbocycles. The van der Waals surface area contributed by atoms with Crippen molar-refractivity contribution in [1.29, 1.82) is 0 Å². The molecule has 0 atom stereocenters. The maximum atomic E-state index is 13.9. The van der Waals surface area contributed by atoms with Crippen LogP contribution in [-0.2, 0) is 0 Å². The summed E-state index contributed by atoms with van der Waals surface area (Å²) in [6.07, 6.45) is 0. The van der Waals surface area contributed by atoms with Crippen LogP contribution in [0.2, 0.25) is 10.2 Å². The van der Waals surface area contributed by atoms with Crippen molar-refractivity contribution in [2.75, 3.05) is 0 Å². The molecule has 0 radical (unpaired) electrons. The van der Waals surface area contributed by atoms with Crippen LogP contribution in [0.15, 0.2) is 36.4 Å². The molecule has 2 aromatic carbocycles. The number of benzene rings is 2.